The van der Waals surface area contributed by atoms with Gasteiger partial charge in [-0.1, -0.05) is 23.8 Å². The van der Waals surface area contributed by atoms with Crippen molar-refractivity contribution in [1.82, 2.24) is 0 Å². The fraction of sp³-hybridized carbons (Fsp3) is 0.308. The maximum Gasteiger partial charge on any atom is 0.309 e. The highest BCUT2D eigenvalue weighted by Gasteiger charge is 2.20. The number of carbonyl (C=O) groups is 1. The van der Waals surface area contributed by atoms with Crippen LogP contribution in [0.4, 0.5) is 0 Å². The van der Waals surface area contributed by atoms with Gasteiger partial charge in [0.25, 0.3) is 0 Å². The molecule has 1 aliphatic rings. The Labute approximate surface area is 106 Å². The lowest BCUT2D eigenvalue weighted by Gasteiger charge is -2.13. The van der Waals surface area contributed by atoms with E-state index in [1.807, 2.05) is 6.92 Å². The molecule has 0 bridgehead atoms. The average molecular weight is 266 g/mol. The Kier molecular flexibility index (Phi) is 3.52. The van der Waals surface area contributed by atoms with Crippen molar-refractivity contribution < 1.29 is 17.9 Å². The lowest BCUT2D eigenvalue weighted by Crippen LogP contribution is -2.18. The molecule has 0 unspecified atom stereocenters. The number of ether oxygens (including phenoxy) is 1. The molecule has 0 amide bonds. The summed E-state index contributed by atoms with van der Waals surface area (Å²) in [6.07, 6.45) is 1.79. The lowest BCUT2D eigenvalue weighted by atomic mass is 10.2. The monoisotopic (exact) mass is 266 g/mol. The first-order valence-corrected chi connectivity index (χ1v) is 7.25. The van der Waals surface area contributed by atoms with E-state index in [1.165, 1.54) is 0 Å². The largest absolute Gasteiger partial charge is 0.461 e. The first kappa shape index (κ1) is 12.8. The minimum absolute atomic E-state index is 0.0733. The average Bonchev–Trinajstić information content (AvgIpc) is 2.32. The molecular formula is C13H14O4S. The second-order valence-electron chi connectivity index (χ2n) is 4.30. The summed E-state index contributed by atoms with van der Waals surface area (Å²) in [5.41, 5.74) is 1.65. The van der Waals surface area contributed by atoms with Gasteiger partial charge in [0.1, 0.15) is 6.61 Å². The van der Waals surface area contributed by atoms with Gasteiger partial charge in [-0.25, -0.2) is 8.42 Å². The van der Waals surface area contributed by atoms with E-state index in [0.717, 1.165) is 5.56 Å². The molecule has 2 rings (SSSR count). The topological polar surface area (TPSA) is 60.4 Å². The summed E-state index contributed by atoms with van der Waals surface area (Å²) in [4.78, 5) is 11.2. The number of aryl methyl sites for hydroxylation is 1. The van der Waals surface area contributed by atoms with Gasteiger partial charge in [0.15, 0.2) is 9.84 Å². The zero-order valence-electron chi connectivity index (χ0n) is 10.0. The van der Waals surface area contributed by atoms with Gasteiger partial charge in [0.05, 0.1) is 17.1 Å². The summed E-state index contributed by atoms with van der Waals surface area (Å²) in [5, 5.41) is 0. The van der Waals surface area contributed by atoms with Gasteiger partial charge in [0.2, 0.25) is 0 Å². The molecule has 4 nitrogen and oxygen atoms in total. The van der Waals surface area contributed by atoms with Crippen molar-refractivity contribution in [2.45, 2.75) is 18.2 Å². The van der Waals surface area contributed by atoms with Crippen LogP contribution in [0.3, 0.4) is 0 Å². The second-order valence-corrected chi connectivity index (χ2v) is 6.29. The zero-order valence-corrected chi connectivity index (χ0v) is 10.9. The molecule has 1 aromatic rings. The van der Waals surface area contributed by atoms with Crippen molar-refractivity contribution >= 4 is 15.8 Å². The molecule has 0 saturated carbocycles. The van der Waals surface area contributed by atoms with Crippen molar-refractivity contribution in [3.05, 3.63) is 41.5 Å². The summed E-state index contributed by atoms with van der Waals surface area (Å²) in [6.45, 7) is 1.98. The number of carbonyl (C=O) groups excluding carboxylic acids is 1. The molecule has 0 aromatic heterocycles. The van der Waals surface area contributed by atoms with E-state index in [9.17, 15) is 13.2 Å². The molecule has 1 aromatic carbocycles. The molecule has 18 heavy (non-hydrogen) atoms. The Morgan fingerprint density at radius 3 is 2.44 bits per heavy atom. The van der Waals surface area contributed by atoms with Crippen molar-refractivity contribution in [3.8, 4) is 0 Å². The lowest BCUT2D eigenvalue weighted by molar-refractivity contribution is -0.142. The zero-order chi connectivity index (χ0) is 13.2. The molecule has 0 saturated heterocycles. The van der Waals surface area contributed by atoms with E-state index < -0.39 is 9.84 Å². The molecule has 0 N–H and O–H groups in total. The van der Waals surface area contributed by atoms with Crippen molar-refractivity contribution in [3.63, 3.8) is 0 Å². The maximum atomic E-state index is 12.1. The molecular weight excluding hydrogens is 252 g/mol. The molecule has 1 heterocycles. The molecule has 0 atom stereocenters. The van der Waals surface area contributed by atoms with Crippen LogP contribution in [0.15, 0.2) is 40.8 Å². The van der Waals surface area contributed by atoms with Crippen LogP contribution < -0.4 is 0 Å². The van der Waals surface area contributed by atoms with Crippen LogP contribution in [0, 0.1) is 6.92 Å². The van der Waals surface area contributed by atoms with E-state index >= 15 is 0 Å². The Bertz CT molecular complexity index is 582. The van der Waals surface area contributed by atoms with Gasteiger partial charge < -0.3 is 4.74 Å². The van der Waals surface area contributed by atoms with Crippen LogP contribution >= 0.6 is 0 Å². The van der Waals surface area contributed by atoms with Crippen molar-refractivity contribution in [2.24, 2.45) is 0 Å². The molecule has 0 fully saturated rings. The number of hydrogen-bond acceptors (Lipinski definition) is 4. The fourth-order valence-corrected chi connectivity index (χ4v) is 3.10. The van der Waals surface area contributed by atoms with Gasteiger partial charge in [0, 0.05) is 0 Å². The SMILES string of the molecule is Cc1ccc(S(=O)(=O)CC2=CCC(=O)OC2)cc1. The second kappa shape index (κ2) is 4.94. The number of sulfone groups is 1. The fourth-order valence-electron chi connectivity index (χ4n) is 1.69. The highest BCUT2D eigenvalue weighted by Crippen LogP contribution is 2.17. The molecule has 0 aliphatic carbocycles. The van der Waals surface area contributed by atoms with Crippen LogP contribution in [0.25, 0.3) is 0 Å². The van der Waals surface area contributed by atoms with Crippen molar-refractivity contribution in [1.29, 1.82) is 0 Å². The number of esters is 1. The normalized spacial score (nSPS) is 16.1. The van der Waals surface area contributed by atoms with E-state index in [1.54, 1.807) is 30.3 Å². The summed E-state index contributed by atoms with van der Waals surface area (Å²) >= 11 is 0. The van der Waals surface area contributed by atoms with E-state index in [4.69, 9.17) is 4.74 Å². The van der Waals surface area contributed by atoms with Gasteiger partial charge in [-0.05, 0) is 24.6 Å². The Hall–Kier alpha value is -1.62. The summed E-state index contributed by atoms with van der Waals surface area (Å²) < 4.78 is 29.0. The van der Waals surface area contributed by atoms with Crippen LogP contribution in [0.2, 0.25) is 0 Å². The Balaban J connectivity index is 2.17. The van der Waals surface area contributed by atoms with Crippen LogP contribution in [0.5, 0.6) is 0 Å². The van der Waals surface area contributed by atoms with Crippen LogP contribution in [0.1, 0.15) is 12.0 Å². The maximum absolute atomic E-state index is 12.1. The number of hydrogen-bond donors (Lipinski definition) is 0. The number of benzene rings is 1. The minimum atomic E-state index is -3.35. The van der Waals surface area contributed by atoms with E-state index in [2.05, 4.69) is 0 Å². The first-order chi connectivity index (χ1) is 8.47. The van der Waals surface area contributed by atoms with Crippen LogP contribution in [-0.2, 0) is 19.4 Å². The predicted octanol–water partition coefficient (Wildman–Crippen LogP) is 1.64. The predicted molar refractivity (Wildman–Crippen MR) is 66.9 cm³/mol. The molecule has 96 valence electrons. The highest BCUT2D eigenvalue weighted by atomic mass is 32.2. The molecule has 1 aliphatic heterocycles. The summed E-state index contributed by atoms with van der Waals surface area (Å²) in [7, 11) is -3.35. The first-order valence-electron chi connectivity index (χ1n) is 5.60. The Morgan fingerprint density at radius 2 is 1.89 bits per heavy atom. The quantitative estimate of drug-likeness (QED) is 0.616. The number of rotatable bonds is 3. The molecule has 0 radical (unpaired) electrons. The minimum Gasteiger partial charge on any atom is -0.461 e. The smallest absolute Gasteiger partial charge is 0.309 e. The third kappa shape index (κ3) is 2.98. The summed E-state index contributed by atoms with van der Waals surface area (Å²) in [6, 6.07) is 6.73. The van der Waals surface area contributed by atoms with Crippen molar-refractivity contribution in [2.75, 3.05) is 12.4 Å². The third-order valence-electron chi connectivity index (χ3n) is 2.73. The number of cyclic esters (lactones) is 1. The third-order valence-corrected chi connectivity index (χ3v) is 4.47. The Morgan fingerprint density at radius 1 is 1.22 bits per heavy atom. The standard InChI is InChI=1S/C13H14O4S/c1-10-2-5-12(6-3-10)18(15,16)9-11-4-7-13(14)17-8-11/h2-6H,7-9H2,1H3. The highest BCUT2D eigenvalue weighted by molar-refractivity contribution is 7.91. The molecule has 5 heteroatoms. The summed E-state index contributed by atoms with van der Waals surface area (Å²) in [5.74, 6) is -0.407. The van der Waals surface area contributed by atoms with E-state index in [0.29, 0.717) is 10.5 Å². The van der Waals surface area contributed by atoms with Gasteiger partial charge in [-0.2, -0.15) is 0 Å². The van der Waals surface area contributed by atoms with Crippen LogP contribution in [-0.4, -0.2) is 26.7 Å². The van der Waals surface area contributed by atoms with Gasteiger partial charge >= 0.3 is 5.97 Å². The van der Waals surface area contributed by atoms with Gasteiger partial charge in [-0.3, -0.25) is 4.79 Å². The van der Waals surface area contributed by atoms with E-state index in [-0.39, 0.29) is 24.7 Å². The van der Waals surface area contributed by atoms with Gasteiger partial charge in [-0.15, -0.1) is 0 Å². The molecule has 0 spiro atoms.